The number of amides is 1. The van der Waals surface area contributed by atoms with E-state index >= 15 is 0 Å². The van der Waals surface area contributed by atoms with Crippen LogP contribution in [-0.2, 0) is 14.4 Å². The third-order valence-corrected chi connectivity index (χ3v) is 10.0. The Bertz CT molecular complexity index is 1690. The van der Waals surface area contributed by atoms with Gasteiger partial charge in [-0.05, 0) is 42.7 Å². The predicted octanol–water partition coefficient (Wildman–Crippen LogP) is 4.09. The van der Waals surface area contributed by atoms with E-state index in [-0.39, 0.29) is 11.9 Å². The molecular weight excluding hydrogens is 622 g/mol. The van der Waals surface area contributed by atoms with Crippen molar-refractivity contribution in [2.24, 2.45) is 0 Å². The highest BCUT2D eigenvalue weighted by atomic mass is 16.7. The molecule has 0 saturated carbocycles. The molecule has 4 aliphatic heterocycles. The molecule has 49 heavy (non-hydrogen) atoms. The molecule has 0 radical (unpaired) electrons. The van der Waals surface area contributed by atoms with Crippen LogP contribution in [0.1, 0.15) is 36.4 Å². The summed E-state index contributed by atoms with van der Waals surface area (Å²) in [5.41, 5.74) is 3.79. The van der Waals surface area contributed by atoms with Gasteiger partial charge in [-0.15, -0.1) is 0 Å². The Balaban J connectivity index is 1.07. The van der Waals surface area contributed by atoms with Crippen LogP contribution in [0.5, 0.6) is 5.75 Å². The topological polar surface area (TPSA) is 131 Å². The molecule has 1 amide bonds. The molecule has 4 aliphatic rings. The number of ether oxygens (including phenoxy) is 2. The first-order valence-corrected chi connectivity index (χ1v) is 17.0. The summed E-state index contributed by atoms with van der Waals surface area (Å²) in [6.45, 7) is 12.1. The summed E-state index contributed by atoms with van der Waals surface area (Å²) >= 11 is 0. The molecule has 1 atom stereocenters. The zero-order valence-corrected chi connectivity index (χ0v) is 27.9. The molecule has 1 aromatic heterocycles. The van der Waals surface area contributed by atoms with Gasteiger partial charge >= 0.3 is 0 Å². The van der Waals surface area contributed by atoms with Crippen molar-refractivity contribution in [2.75, 3.05) is 86.8 Å². The highest BCUT2D eigenvalue weighted by Crippen LogP contribution is 2.40. The van der Waals surface area contributed by atoms with Crippen molar-refractivity contribution in [3.8, 4) is 11.8 Å². The van der Waals surface area contributed by atoms with Crippen LogP contribution in [0.4, 0.5) is 28.7 Å². The van der Waals surface area contributed by atoms with E-state index in [1.807, 2.05) is 36.4 Å². The number of hydrogen-bond donors (Lipinski definition) is 2. The van der Waals surface area contributed by atoms with Crippen LogP contribution < -0.4 is 25.3 Å². The third kappa shape index (κ3) is 7.18. The number of methoxy groups -OCH3 is 1. The molecule has 4 fully saturated rings. The fourth-order valence-electron chi connectivity index (χ4n) is 7.24. The number of hydrogen-bond acceptors (Lipinski definition) is 12. The van der Waals surface area contributed by atoms with Crippen LogP contribution in [0.15, 0.2) is 61.4 Å². The Morgan fingerprint density at radius 1 is 1.00 bits per heavy atom. The van der Waals surface area contributed by atoms with Crippen molar-refractivity contribution in [2.45, 2.75) is 37.4 Å². The molecule has 2 aromatic carbocycles. The fraction of sp³-hybridized carbons (Fsp3) is 0.444. The largest absolute Gasteiger partial charge is 0.494 e. The predicted molar refractivity (Wildman–Crippen MR) is 187 cm³/mol. The molecule has 7 rings (SSSR count). The summed E-state index contributed by atoms with van der Waals surface area (Å²) in [4.78, 5) is 35.1. The van der Waals surface area contributed by atoms with Crippen LogP contribution in [-0.4, -0.2) is 104 Å². The van der Waals surface area contributed by atoms with Crippen molar-refractivity contribution in [3.63, 3.8) is 0 Å². The van der Waals surface area contributed by atoms with Crippen molar-refractivity contribution >= 4 is 34.6 Å². The SMILES string of the molecule is C=CC(=O)Nc1cc(Nc2cc(N3OCCC3c3cccc(C#N)c3)ncn2)c(OC)cc1N1CCC(N2CCN(C3COC3)CC2)CC1. The molecular formula is C36H43N9O4. The van der Waals surface area contributed by atoms with E-state index in [9.17, 15) is 10.1 Å². The van der Waals surface area contributed by atoms with E-state index in [2.05, 4.69) is 47.9 Å². The van der Waals surface area contributed by atoms with Gasteiger partial charge in [0, 0.05) is 63.9 Å². The van der Waals surface area contributed by atoms with Gasteiger partial charge in [-0.3, -0.25) is 19.4 Å². The lowest BCUT2D eigenvalue weighted by Gasteiger charge is -2.46. The molecule has 0 bridgehead atoms. The highest BCUT2D eigenvalue weighted by molar-refractivity contribution is 6.02. The van der Waals surface area contributed by atoms with Gasteiger partial charge in [-0.1, -0.05) is 18.7 Å². The Hall–Kier alpha value is -4.74. The van der Waals surface area contributed by atoms with Crippen LogP contribution >= 0.6 is 0 Å². The first-order chi connectivity index (χ1) is 24.0. The van der Waals surface area contributed by atoms with Gasteiger partial charge in [0.15, 0.2) is 5.82 Å². The number of piperazine rings is 1. The molecule has 13 heteroatoms. The minimum Gasteiger partial charge on any atom is -0.494 e. The number of rotatable bonds is 10. The maximum Gasteiger partial charge on any atom is 0.247 e. The quantitative estimate of drug-likeness (QED) is 0.303. The molecule has 13 nitrogen and oxygen atoms in total. The van der Waals surface area contributed by atoms with E-state index in [4.69, 9.17) is 14.3 Å². The zero-order chi connectivity index (χ0) is 33.7. The summed E-state index contributed by atoms with van der Waals surface area (Å²) in [5.74, 6) is 1.44. The summed E-state index contributed by atoms with van der Waals surface area (Å²) in [6.07, 6.45) is 5.61. The number of piperidine rings is 1. The number of carbonyl (C=O) groups is 1. The molecule has 3 aromatic rings. The lowest BCUT2D eigenvalue weighted by molar-refractivity contribution is -0.111. The van der Waals surface area contributed by atoms with Gasteiger partial charge in [0.25, 0.3) is 0 Å². The Kier molecular flexibility index (Phi) is 9.90. The number of carbonyl (C=O) groups excluding carboxylic acids is 1. The number of aromatic nitrogens is 2. The second kappa shape index (κ2) is 14.8. The van der Waals surface area contributed by atoms with Crippen LogP contribution in [0.2, 0.25) is 0 Å². The first-order valence-electron chi connectivity index (χ1n) is 17.0. The summed E-state index contributed by atoms with van der Waals surface area (Å²) < 4.78 is 11.3. The average Bonchev–Trinajstić information content (AvgIpc) is 3.62. The maximum absolute atomic E-state index is 12.6. The van der Waals surface area contributed by atoms with Gasteiger partial charge in [0.2, 0.25) is 5.91 Å². The fourth-order valence-corrected chi connectivity index (χ4v) is 7.24. The molecule has 1 unspecified atom stereocenters. The Morgan fingerprint density at radius 3 is 2.47 bits per heavy atom. The van der Waals surface area contributed by atoms with Gasteiger partial charge in [-0.2, -0.15) is 5.26 Å². The van der Waals surface area contributed by atoms with E-state index in [0.29, 0.717) is 53.0 Å². The second-order valence-electron chi connectivity index (χ2n) is 12.8. The molecule has 256 valence electrons. The number of anilines is 5. The minimum absolute atomic E-state index is 0.0956. The molecule has 2 N–H and O–H groups in total. The summed E-state index contributed by atoms with van der Waals surface area (Å²) in [6, 6.07) is 16.5. The van der Waals surface area contributed by atoms with Crippen molar-refractivity contribution in [1.82, 2.24) is 19.8 Å². The van der Waals surface area contributed by atoms with Crippen LogP contribution in [0.25, 0.3) is 0 Å². The average molecular weight is 666 g/mol. The van der Waals surface area contributed by atoms with Crippen LogP contribution in [0, 0.1) is 11.3 Å². The number of nitriles is 1. The Morgan fingerprint density at radius 2 is 1.78 bits per heavy atom. The smallest absolute Gasteiger partial charge is 0.247 e. The van der Waals surface area contributed by atoms with Crippen molar-refractivity contribution < 1.29 is 19.1 Å². The van der Waals surface area contributed by atoms with Crippen molar-refractivity contribution in [3.05, 3.63) is 72.6 Å². The lowest BCUT2D eigenvalue weighted by Crippen LogP contribution is -2.59. The highest BCUT2D eigenvalue weighted by Gasteiger charge is 2.33. The van der Waals surface area contributed by atoms with Crippen molar-refractivity contribution in [1.29, 1.82) is 5.26 Å². The number of benzene rings is 2. The normalized spacial score (nSPS) is 20.8. The van der Waals surface area contributed by atoms with Gasteiger partial charge < -0.3 is 25.0 Å². The molecule has 5 heterocycles. The van der Waals surface area contributed by atoms with E-state index in [1.165, 1.54) is 12.4 Å². The second-order valence-corrected chi connectivity index (χ2v) is 12.8. The van der Waals surface area contributed by atoms with Crippen LogP contribution in [0.3, 0.4) is 0 Å². The maximum atomic E-state index is 12.6. The first kappa shape index (κ1) is 32.8. The van der Waals surface area contributed by atoms with E-state index < -0.39 is 0 Å². The third-order valence-electron chi connectivity index (χ3n) is 10.0. The molecule has 4 saturated heterocycles. The number of nitrogens with one attached hydrogen (secondary N) is 2. The van der Waals surface area contributed by atoms with E-state index in [0.717, 1.165) is 83.0 Å². The monoisotopic (exact) mass is 665 g/mol. The Labute approximate surface area is 287 Å². The summed E-state index contributed by atoms with van der Waals surface area (Å²) in [5, 5.41) is 17.6. The summed E-state index contributed by atoms with van der Waals surface area (Å²) in [7, 11) is 1.64. The standard InChI is InChI=1S/C36H43N9O4/c1-3-36(46)41-29-18-30(40-34-20-35(39-24-38-34)45-31(9-16-49-45)26-6-4-5-25(17-26)21-37)33(47-2)19-32(29)44-10-7-27(8-11-44)42-12-14-43(15-13-42)28-22-48-23-28/h3-6,17-20,24,27-28,31H,1,7-16,22-23H2,2H3,(H,41,46)(H,38,39,40). The number of hydroxylamine groups is 1. The minimum atomic E-state index is -0.288. The number of nitrogens with zero attached hydrogens (tertiary/aromatic N) is 7. The molecule has 0 aliphatic carbocycles. The lowest BCUT2D eigenvalue weighted by atomic mass is 10.0. The van der Waals surface area contributed by atoms with E-state index in [1.54, 1.807) is 18.2 Å². The molecule has 0 spiro atoms. The van der Waals surface area contributed by atoms with Gasteiger partial charge in [0.05, 0.1) is 67.7 Å². The van der Waals surface area contributed by atoms with Gasteiger partial charge in [0.1, 0.15) is 17.9 Å². The zero-order valence-electron chi connectivity index (χ0n) is 27.9. The van der Waals surface area contributed by atoms with Gasteiger partial charge in [-0.25, -0.2) is 15.0 Å².